The number of rotatable bonds is 4. The van der Waals surface area contributed by atoms with Crippen LogP contribution < -0.4 is 5.56 Å². The zero-order valence-electron chi connectivity index (χ0n) is 19.2. The molecule has 7 atom stereocenters. The Kier molecular flexibility index (Phi) is 3.52. The van der Waals surface area contributed by atoms with E-state index in [-0.39, 0.29) is 16.9 Å². The first kappa shape index (κ1) is 18.9. The lowest BCUT2D eigenvalue weighted by Crippen LogP contribution is -2.69. The van der Waals surface area contributed by atoms with Crippen LogP contribution >= 0.6 is 0 Å². The quantitative estimate of drug-likeness (QED) is 0.670. The highest BCUT2D eigenvalue weighted by Crippen LogP contribution is 2.86. The lowest BCUT2D eigenvalue weighted by molar-refractivity contribution is -0.202. The molecule has 0 radical (unpaired) electrons. The molecule has 5 fully saturated rings. The van der Waals surface area contributed by atoms with Crippen LogP contribution in [0.25, 0.3) is 5.52 Å². The van der Waals surface area contributed by atoms with Crippen molar-refractivity contribution in [1.29, 1.82) is 0 Å². The van der Waals surface area contributed by atoms with E-state index >= 15 is 0 Å². The van der Waals surface area contributed by atoms with Gasteiger partial charge >= 0.3 is 0 Å². The number of hydrogen-bond donors (Lipinski definition) is 1. The van der Waals surface area contributed by atoms with E-state index in [4.69, 9.17) is 10.1 Å². The summed E-state index contributed by atoms with van der Waals surface area (Å²) in [6.07, 6.45) is 8.54. The van der Waals surface area contributed by atoms with Crippen molar-refractivity contribution < 1.29 is 0 Å². The number of fused-ring (bicyclic) bond motifs is 2. The second-order valence-electron chi connectivity index (χ2n) is 11.9. The average molecular weight is 442 g/mol. The predicted molar refractivity (Wildman–Crippen MR) is 125 cm³/mol. The van der Waals surface area contributed by atoms with Crippen molar-refractivity contribution in [2.45, 2.75) is 56.9 Å². The molecular weight excluding hydrogens is 410 g/mol. The topological polar surface area (TPSA) is 66.3 Å². The molecule has 0 amide bonds. The van der Waals surface area contributed by atoms with Crippen LogP contribution in [0.5, 0.6) is 0 Å². The van der Waals surface area contributed by atoms with Crippen molar-refractivity contribution in [2.75, 3.05) is 13.1 Å². The number of benzene rings is 1. The molecule has 1 aromatic carbocycles. The maximum atomic E-state index is 13.1. The first-order chi connectivity index (χ1) is 16.1. The molecule has 8 rings (SSSR count). The average Bonchev–Trinajstić information content (AvgIpc) is 3.52. The van der Waals surface area contributed by atoms with Gasteiger partial charge in [0.25, 0.3) is 5.56 Å². The summed E-state index contributed by atoms with van der Waals surface area (Å²) in [6.45, 7) is 5.18. The van der Waals surface area contributed by atoms with E-state index in [0.717, 1.165) is 49.0 Å². The Hall–Kier alpha value is -2.47. The molecule has 4 saturated carbocycles. The van der Waals surface area contributed by atoms with Gasteiger partial charge in [0.2, 0.25) is 0 Å². The van der Waals surface area contributed by atoms with Crippen LogP contribution in [0.3, 0.4) is 0 Å². The van der Waals surface area contributed by atoms with Crippen molar-refractivity contribution in [1.82, 2.24) is 24.5 Å². The summed E-state index contributed by atoms with van der Waals surface area (Å²) in [4.78, 5) is 23.7. The zero-order valence-corrected chi connectivity index (χ0v) is 19.2. The number of H-pyrrole nitrogens is 1. The van der Waals surface area contributed by atoms with Gasteiger partial charge in [0.05, 0.1) is 6.20 Å². The third kappa shape index (κ3) is 2.21. The Morgan fingerprint density at radius 3 is 2.79 bits per heavy atom. The van der Waals surface area contributed by atoms with E-state index in [1.807, 2.05) is 4.52 Å². The molecule has 1 N–H and O–H groups in total. The molecule has 3 heterocycles. The Bertz CT molecular complexity index is 1330. The summed E-state index contributed by atoms with van der Waals surface area (Å²) < 4.78 is 1.97. The second kappa shape index (κ2) is 6.15. The minimum absolute atomic E-state index is 0.0365. The summed E-state index contributed by atoms with van der Waals surface area (Å²) >= 11 is 0. The molecule has 33 heavy (non-hydrogen) atoms. The lowest BCUT2D eigenvalue weighted by Gasteiger charge is -2.72. The third-order valence-corrected chi connectivity index (χ3v) is 10.5. The van der Waals surface area contributed by atoms with Crippen molar-refractivity contribution >= 4 is 5.52 Å². The molecular formula is C27H31N5O. The van der Waals surface area contributed by atoms with Crippen molar-refractivity contribution in [3.05, 3.63) is 64.1 Å². The third-order valence-electron chi connectivity index (χ3n) is 10.5. The highest BCUT2D eigenvalue weighted by molar-refractivity contribution is 5.47. The molecule has 2 bridgehead atoms. The molecule has 1 aliphatic heterocycles. The Balaban J connectivity index is 1.16. The van der Waals surface area contributed by atoms with Crippen LogP contribution in [-0.2, 0) is 12.0 Å². The summed E-state index contributed by atoms with van der Waals surface area (Å²) in [6, 6.07) is 10.7. The largest absolute Gasteiger partial charge is 0.307 e. The van der Waals surface area contributed by atoms with Crippen LogP contribution in [0.1, 0.15) is 62.2 Å². The van der Waals surface area contributed by atoms with Crippen molar-refractivity contribution in [2.24, 2.45) is 29.1 Å². The highest BCUT2D eigenvalue weighted by atomic mass is 16.1. The van der Waals surface area contributed by atoms with Crippen LogP contribution in [0.4, 0.5) is 0 Å². The van der Waals surface area contributed by atoms with Gasteiger partial charge in [-0.25, -0.2) is 9.50 Å². The summed E-state index contributed by atoms with van der Waals surface area (Å²) in [7, 11) is 0. The van der Waals surface area contributed by atoms with Crippen LogP contribution in [0.15, 0.2) is 41.3 Å². The molecule has 2 aromatic heterocycles. The van der Waals surface area contributed by atoms with Gasteiger partial charge in [0.15, 0.2) is 5.52 Å². The molecule has 6 heteroatoms. The van der Waals surface area contributed by atoms with Gasteiger partial charge in [0.1, 0.15) is 11.6 Å². The Labute approximate surface area is 193 Å². The number of aromatic amines is 1. The molecule has 170 valence electrons. The minimum Gasteiger partial charge on any atom is -0.307 e. The van der Waals surface area contributed by atoms with Crippen LogP contribution in [0.2, 0.25) is 0 Å². The molecule has 6 nitrogen and oxygen atoms in total. The van der Waals surface area contributed by atoms with Crippen LogP contribution in [0, 0.1) is 29.1 Å². The standard InChI is InChI=1S/C27H31N5O/c1-16-13-31(14-17-5-3-2-4-6-17)15-21(16)23-29-24(33)22-12-28-25(32(22)30-23)26-9-18-7-19-8-20(11-26)27(19,26)10-18/h2-6,12,16,18-21H,7-11,13-15H2,1H3,(H,29,30,33). The molecule has 3 aromatic rings. The summed E-state index contributed by atoms with van der Waals surface area (Å²) in [5.41, 5.74) is 2.58. The Morgan fingerprint density at radius 2 is 1.97 bits per heavy atom. The molecule has 4 aliphatic carbocycles. The SMILES string of the molecule is CC1CN(Cc2ccccc2)CC1c1nn2c(C34CC5CC6CC(C3)C64C5)ncc2c(=O)[nH]1. The number of likely N-dealkylation sites (tertiary alicyclic amines) is 1. The number of nitrogens with zero attached hydrogens (tertiary/aromatic N) is 4. The first-order valence-corrected chi connectivity index (χ1v) is 12.8. The van der Waals surface area contributed by atoms with Gasteiger partial charge in [-0.15, -0.1) is 0 Å². The van der Waals surface area contributed by atoms with E-state index in [2.05, 4.69) is 47.1 Å². The fourth-order valence-corrected chi connectivity index (χ4v) is 9.38. The predicted octanol–water partition coefficient (Wildman–Crippen LogP) is 3.73. The summed E-state index contributed by atoms with van der Waals surface area (Å²) in [5, 5.41) is 5.12. The molecule has 1 spiro atoms. The van der Waals surface area contributed by atoms with Gasteiger partial charge in [-0.1, -0.05) is 37.3 Å². The van der Waals surface area contributed by atoms with Gasteiger partial charge in [-0.3, -0.25) is 9.69 Å². The normalized spacial score (nSPS) is 40.7. The smallest absolute Gasteiger partial charge is 0.276 e. The monoisotopic (exact) mass is 441 g/mol. The number of imidazole rings is 1. The maximum Gasteiger partial charge on any atom is 0.276 e. The first-order valence-electron chi connectivity index (χ1n) is 12.8. The fourth-order valence-electron chi connectivity index (χ4n) is 9.38. The van der Waals surface area contributed by atoms with E-state index in [1.165, 1.54) is 37.7 Å². The molecule has 7 unspecified atom stereocenters. The number of hydrogen-bond acceptors (Lipinski definition) is 4. The number of aromatic nitrogens is 4. The highest BCUT2D eigenvalue weighted by Gasteiger charge is 2.81. The second-order valence-corrected chi connectivity index (χ2v) is 11.9. The Morgan fingerprint density at radius 1 is 1.09 bits per heavy atom. The van der Waals surface area contributed by atoms with E-state index in [1.54, 1.807) is 6.20 Å². The summed E-state index contributed by atoms with van der Waals surface area (Å²) in [5.74, 6) is 5.27. The van der Waals surface area contributed by atoms with E-state index in [9.17, 15) is 4.79 Å². The van der Waals surface area contributed by atoms with E-state index in [0.29, 0.717) is 16.8 Å². The zero-order chi connectivity index (χ0) is 21.9. The lowest BCUT2D eigenvalue weighted by atomic mass is 9.32. The van der Waals surface area contributed by atoms with Crippen molar-refractivity contribution in [3.8, 4) is 0 Å². The minimum atomic E-state index is -0.0365. The van der Waals surface area contributed by atoms with Gasteiger partial charge in [-0.05, 0) is 66.8 Å². The van der Waals surface area contributed by atoms with Gasteiger partial charge in [0, 0.05) is 31.0 Å². The van der Waals surface area contributed by atoms with Crippen molar-refractivity contribution in [3.63, 3.8) is 0 Å². The molecule has 5 aliphatic rings. The fraction of sp³-hybridized carbons (Fsp3) is 0.593. The number of nitrogens with one attached hydrogen (secondary N) is 1. The maximum absolute atomic E-state index is 13.1. The molecule has 1 saturated heterocycles. The van der Waals surface area contributed by atoms with Gasteiger partial charge < -0.3 is 4.98 Å². The van der Waals surface area contributed by atoms with E-state index < -0.39 is 0 Å². The van der Waals surface area contributed by atoms with Gasteiger partial charge in [-0.2, -0.15) is 5.10 Å². The van der Waals surface area contributed by atoms with Crippen LogP contribution in [-0.4, -0.2) is 37.6 Å².